The maximum atomic E-state index is 5.59. The van der Waals surface area contributed by atoms with Crippen LogP contribution in [-0.2, 0) is 13.0 Å². The second-order valence-corrected chi connectivity index (χ2v) is 3.75. The van der Waals surface area contributed by atoms with Gasteiger partial charge < -0.3 is 15.5 Å². The van der Waals surface area contributed by atoms with E-state index in [2.05, 4.69) is 27.7 Å². The van der Waals surface area contributed by atoms with Crippen molar-refractivity contribution in [2.45, 2.75) is 19.9 Å². The summed E-state index contributed by atoms with van der Waals surface area (Å²) in [4.78, 5) is 4.64. The van der Waals surface area contributed by atoms with Gasteiger partial charge >= 0.3 is 0 Å². The topological polar surface area (TPSA) is 55.3 Å². The Hall–Kier alpha value is -1.39. The highest BCUT2D eigenvalue weighted by Crippen LogP contribution is 2.13. The molecule has 0 saturated heterocycles. The van der Waals surface area contributed by atoms with Crippen LogP contribution < -0.4 is 11.1 Å². The second kappa shape index (κ2) is 5.09. The molecule has 0 unspecified atom stereocenters. The summed E-state index contributed by atoms with van der Waals surface area (Å²) in [5, 5.41) is 3.31. The number of fused-ring (bicyclic) bond motifs is 1. The van der Waals surface area contributed by atoms with E-state index in [-0.39, 0.29) is 0 Å². The van der Waals surface area contributed by atoms with Gasteiger partial charge in [0.1, 0.15) is 5.82 Å². The maximum absolute atomic E-state index is 5.59. The van der Waals surface area contributed by atoms with E-state index in [0.29, 0.717) is 6.54 Å². The summed E-state index contributed by atoms with van der Waals surface area (Å²) in [5.41, 5.74) is 7.87. The molecule has 2 rings (SSSR count). The summed E-state index contributed by atoms with van der Waals surface area (Å²) < 4.78 is 2.12. The van der Waals surface area contributed by atoms with Crippen LogP contribution in [0, 0.1) is 0 Å². The minimum atomic E-state index is 0.634. The number of imidazole rings is 1. The fourth-order valence-electron chi connectivity index (χ4n) is 1.85. The number of pyridine rings is 1. The number of nitrogens with one attached hydrogen (secondary N) is 1. The van der Waals surface area contributed by atoms with Crippen LogP contribution in [0.3, 0.4) is 0 Å². The molecular weight excluding hydrogens is 200 g/mol. The Labute approximate surface area is 95.5 Å². The Morgan fingerprint density at radius 3 is 3.06 bits per heavy atom. The van der Waals surface area contributed by atoms with Gasteiger partial charge in [0.05, 0.1) is 11.2 Å². The zero-order valence-electron chi connectivity index (χ0n) is 9.61. The van der Waals surface area contributed by atoms with Gasteiger partial charge in [0.15, 0.2) is 0 Å². The fourth-order valence-corrected chi connectivity index (χ4v) is 1.85. The fraction of sp³-hybridized carbons (Fsp3) is 0.417. The lowest BCUT2D eigenvalue weighted by atomic mass is 10.3. The first-order valence-electron chi connectivity index (χ1n) is 5.72. The first-order valence-corrected chi connectivity index (χ1v) is 5.72. The van der Waals surface area contributed by atoms with E-state index in [9.17, 15) is 0 Å². The second-order valence-electron chi connectivity index (χ2n) is 3.75. The highest BCUT2D eigenvalue weighted by atomic mass is 15.0. The highest BCUT2D eigenvalue weighted by Gasteiger charge is 2.08. The third kappa shape index (κ3) is 2.08. The van der Waals surface area contributed by atoms with Crippen LogP contribution in [0.4, 0.5) is 0 Å². The predicted octanol–water partition coefficient (Wildman–Crippen LogP) is 0.945. The molecule has 0 amide bonds. The van der Waals surface area contributed by atoms with Crippen molar-refractivity contribution in [2.75, 3.05) is 13.1 Å². The normalized spacial score (nSPS) is 11.1. The summed E-state index contributed by atoms with van der Waals surface area (Å²) in [7, 11) is 0. The van der Waals surface area contributed by atoms with Gasteiger partial charge in [0, 0.05) is 19.2 Å². The Kier molecular flexibility index (Phi) is 3.54. The standard InChI is InChI=1S/C12H18N4/c1-2-14-9-10-11-5-3-4-8-16(11)12(15-10)6-7-13/h3-5,8,14H,2,6-7,9,13H2,1H3. The van der Waals surface area contributed by atoms with Crippen molar-refractivity contribution in [3.63, 3.8) is 0 Å². The van der Waals surface area contributed by atoms with Gasteiger partial charge in [-0.2, -0.15) is 0 Å². The molecule has 0 fully saturated rings. The quantitative estimate of drug-likeness (QED) is 0.785. The van der Waals surface area contributed by atoms with Gasteiger partial charge in [-0.25, -0.2) is 4.98 Å². The molecule has 0 aromatic carbocycles. The first-order chi connectivity index (χ1) is 7.86. The molecule has 0 saturated carbocycles. The smallest absolute Gasteiger partial charge is 0.114 e. The van der Waals surface area contributed by atoms with E-state index in [1.807, 2.05) is 18.3 Å². The van der Waals surface area contributed by atoms with Gasteiger partial charge in [0.25, 0.3) is 0 Å². The molecule has 86 valence electrons. The summed E-state index contributed by atoms with van der Waals surface area (Å²) in [6.07, 6.45) is 2.86. The van der Waals surface area contributed by atoms with Crippen LogP contribution in [-0.4, -0.2) is 22.5 Å². The van der Waals surface area contributed by atoms with Crippen LogP contribution in [0.25, 0.3) is 5.52 Å². The van der Waals surface area contributed by atoms with E-state index >= 15 is 0 Å². The molecule has 0 aliphatic rings. The average Bonchev–Trinajstić information content (AvgIpc) is 2.66. The molecular formula is C12H18N4. The number of hydrogen-bond donors (Lipinski definition) is 2. The molecule has 3 N–H and O–H groups in total. The molecule has 0 aliphatic heterocycles. The van der Waals surface area contributed by atoms with Crippen LogP contribution in [0.1, 0.15) is 18.4 Å². The van der Waals surface area contributed by atoms with Crippen molar-refractivity contribution >= 4 is 5.52 Å². The first kappa shape index (κ1) is 11.1. The van der Waals surface area contributed by atoms with Crippen molar-refractivity contribution in [1.82, 2.24) is 14.7 Å². The van der Waals surface area contributed by atoms with Crippen molar-refractivity contribution in [3.8, 4) is 0 Å². The number of nitrogens with two attached hydrogens (primary N) is 1. The lowest BCUT2D eigenvalue weighted by molar-refractivity contribution is 0.714. The summed E-state index contributed by atoms with van der Waals surface area (Å²) >= 11 is 0. The number of aromatic nitrogens is 2. The molecule has 2 aromatic heterocycles. The zero-order chi connectivity index (χ0) is 11.4. The molecule has 2 heterocycles. The Morgan fingerprint density at radius 2 is 2.31 bits per heavy atom. The Morgan fingerprint density at radius 1 is 1.44 bits per heavy atom. The van der Waals surface area contributed by atoms with E-state index in [0.717, 1.165) is 31.0 Å². The lowest BCUT2D eigenvalue weighted by Crippen LogP contribution is -2.12. The number of rotatable bonds is 5. The van der Waals surface area contributed by atoms with Gasteiger partial charge in [0.2, 0.25) is 0 Å². The van der Waals surface area contributed by atoms with E-state index in [1.54, 1.807) is 0 Å². The molecule has 0 bridgehead atoms. The molecule has 16 heavy (non-hydrogen) atoms. The minimum Gasteiger partial charge on any atom is -0.330 e. The molecule has 0 atom stereocenters. The van der Waals surface area contributed by atoms with Gasteiger partial charge in [-0.3, -0.25) is 0 Å². The van der Waals surface area contributed by atoms with Crippen LogP contribution in [0.5, 0.6) is 0 Å². The largest absolute Gasteiger partial charge is 0.330 e. The summed E-state index contributed by atoms with van der Waals surface area (Å²) in [6.45, 7) is 4.50. The maximum Gasteiger partial charge on any atom is 0.114 e. The van der Waals surface area contributed by atoms with Crippen molar-refractivity contribution in [1.29, 1.82) is 0 Å². The minimum absolute atomic E-state index is 0.634. The SMILES string of the molecule is CCNCc1nc(CCN)n2ccccc12. The lowest BCUT2D eigenvalue weighted by Gasteiger charge is -1.99. The van der Waals surface area contributed by atoms with Crippen molar-refractivity contribution in [2.24, 2.45) is 5.73 Å². The van der Waals surface area contributed by atoms with Crippen molar-refractivity contribution < 1.29 is 0 Å². The Bertz CT molecular complexity index is 461. The predicted molar refractivity (Wildman–Crippen MR) is 65.3 cm³/mol. The summed E-state index contributed by atoms with van der Waals surface area (Å²) in [6, 6.07) is 6.16. The molecule has 4 nitrogen and oxygen atoms in total. The third-order valence-electron chi connectivity index (χ3n) is 2.61. The van der Waals surface area contributed by atoms with Crippen LogP contribution in [0.2, 0.25) is 0 Å². The highest BCUT2D eigenvalue weighted by molar-refractivity contribution is 5.53. The van der Waals surface area contributed by atoms with E-state index < -0.39 is 0 Å². The zero-order valence-corrected chi connectivity index (χ0v) is 9.61. The van der Waals surface area contributed by atoms with Gasteiger partial charge in [-0.1, -0.05) is 13.0 Å². The monoisotopic (exact) mass is 218 g/mol. The molecule has 2 aromatic rings. The average molecular weight is 218 g/mol. The Balaban J connectivity index is 2.40. The van der Waals surface area contributed by atoms with Gasteiger partial charge in [-0.05, 0) is 25.2 Å². The van der Waals surface area contributed by atoms with Crippen LogP contribution >= 0.6 is 0 Å². The van der Waals surface area contributed by atoms with E-state index in [4.69, 9.17) is 5.73 Å². The molecule has 4 heteroatoms. The molecule has 0 aliphatic carbocycles. The number of nitrogens with zero attached hydrogens (tertiary/aromatic N) is 2. The van der Waals surface area contributed by atoms with Gasteiger partial charge in [-0.15, -0.1) is 0 Å². The van der Waals surface area contributed by atoms with E-state index in [1.165, 1.54) is 5.52 Å². The molecule has 0 radical (unpaired) electrons. The van der Waals surface area contributed by atoms with Crippen LogP contribution in [0.15, 0.2) is 24.4 Å². The van der Waals surface area contributed by atoms with Crippen molar-refractivity contribution in [3.05, 3.63) is 35.9 Å². The summed E-state index contributed by atoms with van der Waals surface area (Å²) in [5.74, 6) is 1.05. The number of hydrogen-bond acceptors (Lipinski definition) is 3. The molecule has 0 spiro atoms. The third-order valence-corrected chi connectivity index (χ3v) is 2.61.